The van der Waals surface area contributed by atoms with Gasteiger partial charge >= 0.3 is 0 Å². The molecule has 0 unspecified atom stereocenters. The Morgan fingerprint density at radius 1 is 1.22 bits per heavy atom. The standard InChI is InChI=1S/C18H27FN2O2/c1-5-9-17(22)21(12-15-10-7-8-11-16(15)19)14(4)18(23)20-13(3)6-2/h7-8,10-11,13-14H,5-6,9,12H2,1-4H3,(H,20,23)/t13-,14+/m1/s1. The van der Waals surface area contributed by atoms with Crippen molar-refractivity contribution in [1.82, 2.24) is 10.2 Å². The lowest BCUT2D eigenvalue weighted by Crippen LogP contribution is -2.49. The van der Waals surface area contributed by atoms with Gasteiger partial charge in [-0.2, -0.15) is 0 Å². The lowest BCUT2D eigenvalue weighted by atomic mass is 10.1. The van der Waals surface area contributed by atoms with Gasteiger partial charge in [-0.15, -0.1) is 0 Å². The van der Waals surface area contributed by atoms with Crippen molar-refractivity contribution in [2.75, 3.05) is 0 Å². The highest BCUT2D eigenvalue weighted by atomic mass is 19.1. The number of benzene rings is 1. The zero-order chi connectivity index (χ0) is 17.4. The summed E-state index contributed by atoms with van der Waals surface area (Å²) in [4.78, 5) is 26.2. The molecule has 1 rings (SSSR count). The monoisotopic (exact) mass is 322 g/mol. The Labute approximate surface area is 138 Å². The first-order valence-corrected chi connectivity index (χ1v) is 8.23. The molecule has 0 aromatic heterocycles. The van der Waals surface area contributed by atoms with Gasteiger partial charge in [-0.3, -0.25) is 9.59 Å². The lowest BCUT2D eigenvalue weighted by molar-refractivity contribution is -0.140. The summed E-state index contributed by atoms with van der Waals surface area (Å²) >= 11 is 0. The molecule has 0 saturated heterocycles. The highest BCUT2D eigenvalue weighted by Gasteiger charge is 2.26. The lowest BCUT2D eigenvalue weighted by Gasteiger charge is -2.29. The molecule has 0 aliphatic heterocycles. The second-order valence-corrected chi connectivity index (χ2v) is 5.86. The van der Waals surface area contributed by atoms with Gasteiger partial charge in [-0.1, -0.05) is 32.0 Å². The van der Waals surface area contributed by atoms with E-state index < -0.39 is 6.04 Å². The van der Waals surface area contributed by atoms with E-state index in [0.29, 0.717) is 18.4 Å². The minimum atomic E-state index is -0.636. The summed E-state index contributed by atoms with van der Waals surface area (Å²) in [7, 11) is 0. The fourth-order valence-electron chi connectivity index (χ4n) is 2.22. The fraction of sp³-hybridized carbons (Fsp3) is 0.556. The van der Waals surface area contributed by atoms with Gasteiger partial charge in [0.05, 0.1) is 0 Å². The number of carbonyl (C=O) groups excluding carboxylic acids is 2. The van der Waals surface area contributed by atoms with Crippen LogP contribution in [-0.2, 0) is 16.1 Å². The van der Waals surface area contributed by atoms with Gasteiger partial charge in [-0.05, 0) is 32.8 Å². The van der Waals surface area contributed by atoms with Crippen molar-refractivity contribution in [3.63, 3.8) is 0 Å². The van der Waals surface area contributed by atoms with Crippen LogP contribution in [0.25, 0.3) is 0 Å². The molecule has 23 heavy (non-hydrogen) atoms. The van der Waals surface area contributed by atoms with E-state index in [1.807, 2.05) is 20.8 Å². The van der Waals surface area contributed by atoms with Crippen LogP contribution in [0.15, 0.2) is 24.3 Å². The summed E-state index contributed by atoms with van der Waals surface area (Å²) in [6.07, 6.45) is 1.84. The van der Waals surface area contributed by atoms with Crippen LogP contribution in [0, 0.1) is 5.82 Å². The van der Waals surface area contributed by atoms with E-state index in [2.05, 4.69) is 5.32 Å². The molecule has 0 heterocycles. The Kier molecular flexibility index (Phi) is 7.72. The topological polar surface area (TPSA) is 49.4 Å². The van der Waals surface area contributed by atoms with Crippen LogP contribution in [0.3, 0.4) is 0 Å². The van der Waals surface area contributed by atoms with Crippen LogP contribution in [0.1, 0.15) is 52.5 Å². The predicted octanol–water partition coefficient (Wildman–Crippen LogP) is 3.26. The summed E-state index contributed by atoms with van der Waals surface area (Å²) in [5.41, 5.74) is 0.417. The minimum absolute atomic E-state index is 0.0431. The van der Waals surface area contributed by atoms with Gasteiger partial charge < -0.3 is 10.2 Å². The average Bonchev–Trinajstić information content (AvgIpc) is 2.53. The molecule has 4 nitrogen and oxygen atoms in total. The van der Waals surface area contributed by atoms with Crippen molar-refractivity contribution in [2.45, 2.75) is 65.6 Å². The van der Waals surface area contributed by atoms with Gasteiger partial charge in [-0.25, -0.2) is 4.39 Å². The summed E-state index contributed by atoms with van der Waals surface area (Å²) in [5.74, 6) is -0.709. The van der Waals surface area contributed by atoms with Crippen LogP contribution in [0.2, 0.25) is 0 Å². The zero-order valence-corrected chi connectivity index (χ0v) is 14.4. The number of carbonyl (C=O) groups is 2. The van der Waals surface area contributed by atoms with E-state index in [-0.39, 0.29) is 30.2 Å². The van der Waals surface area contributed by atoms with Gasteiger partial charge in [0, 0.05) is 24.6 Å². The third kappa shape index (κ3) is 5.66. The zero-order valence-electron chi connectivity index (χ0n) is 14.4. The molecule has 0 radical (unpaired) electrons. The van der Waals surface area contributed by atoms with Crippen LogP contribution >= 0.6 is 0 Å². The summed E-state index contributed by atoms with van der Waals surface area (Å²) in [6, 6.07) is 5.74. The van der Waals surface area contributed by atoms with Crippen molar-refractivity contribution in [3.8, 4) is 0 Å². The number of nitrogens with zero attached hydrogens (tertiary/aromatic N) is 1. The van der Waals surface area contributed by atoms with Crippen LogP contribution in [-0.4, -0.2) is 28.8 Å². The molecule has 2 amide bonds. The van der Waals surface area contributed by atoms with Gasteiger partial charge in [0.2, 0.25) is 11.8 Å². The first kappa shape index (κ1) is 19.1. The van der Waals surface area contributed by atoms with Gasteiger partial charge in [0.15, 0.2) is 0 Å². The molecule has 0 aliphatic carbocycles. The number of amides is 2. The second-order valence-electron chi connectivity index (χ2n) is 5.86. The maximum atomic E-state index is 13.9. The number of hydrogen-bond acceptors (Lipinski definition) is 2. The molecule has 0 fully saturated rings. The summed E-state index contributed by atoms with van der Waals surface area (Å²) < 4.78 is 13.9. The Balaban J connectivity index is 2.94. The highest BCUT2D eigenvalue weighted by molar-refractivity contribution is 5.87. The normalized spacial score (nSPS) is 13.3. The maximum Gasteiger partial charge on any atom is 0.242 e. The van der Waals surface area contributed by atoms with E-state index >= 15 is 0 Å². The Bertz CT molecular complexity index is 534. The molecule has 128 valence electrons. The van der Waals surface area contributed by atoms with Crippen molar-refractivity contribution in [1.29, 1.82) is 0 Å². The number of nitrogens with one attached hydrogen (secondary N) is 1. The average molecular weight is 322 g/mol. The number of hydrogen-bond donors (Lipinski definition) is 1. The van der Waals surface area contributed by atoms with E-state index in [1.54, 1.807) is 25.1 Å². The van der Waals surface area contributed by atoms with Crippen molar-refractivity contribution < 1.29 is 14.0 Å². The fourth-order valence-corrected chi connectivity index (χ4v) is 2.22. The number of rotatable bonds is 8. The van der Waals surface area contributed by atoms with E-state index in [4.69, 9.17) is 0 Å². The van der Waals surface area contributed by atoms with Gasteiger partial charge in [0.1, 0.15) is 11.9 Å². The Morgan fingerprint density at radius 3 is 2.43 bits per heavy atom. The van der Waals surface area contributed by atoms with Crippen LogP contribution in [0.5, 0.6) is 0 Å². The van der Waals surface area contributed by atoms with E-state index in [0.717, 1.165) is 6.42 Å². The van der Waals surface area contributed by atoms with Crippen LogP contribution < -0.4 is 5.32 Å². The summed E-state index contributed by atoms with van der Waals surface area (Å²) in [5, 5.41) is 2.88. The molecular formula is C18H27FN2O2. The minimum Gasteiger partial charge on any atom is -0.352 e. The largest absolute Gasteiger partial charge is 0.352 e. The molecule has 1 N–H and O–H groups in total. The molecule has 2 atom stereocenters. The van der Waals surface area contributed by atoms with Crippen molar-refractivity contribution >= 4 is 11.8 Å². The molecule has 1 aromatic carbocycles. The Morgan fingerprint density at radius 2 is 1.87 bits per heavy atom. The molecule has 0 bridgehead atoms. The molecule has 0 saturated carbocycles. The smallest absolute Gasteiger partial charge is 0.242 e. The first-order chi connectivity index (χ1) is 10.9. The van der Waals surface area contributed by atoms with Crippen LogP contribution in [0.4, 0.5) is 4.39 Å². The molecule has 0 aliphatic rings. The molecule has 1 aromatic rings. The molecule has 0 spiro atoms. The first-order valence-electron chi connectivity index (χ1n) is 8.23. The van der Waals surface area contributed by atoms with Crippen molar-refractivity contribution in [3.05, 3.63) is 35.6 Å². The highest BCUT2D eigenvalue weighted by Crippen LogP contribution is 2.14. The summed E-state index contributed by atoms with van der Waals surface area (Å²) in [6.45, 7) is 7.59. The maximum absolute atomic E-state index is 13.9. The third-order valence-corrected chi connectivity index (χ3v) is 3.93. The van der Waals surface area contributed by atoms with Crippen molar-refractivity contribution in [2.24, 2.45) is 0 Å². The third-order valence-electron chi connectivity index (χ3n) is 3.93. The predicted molar refractivity (Wildman–Crippen MR) is 89.2 cm³/mol. The van der Waals surface area contributed by atoms with E-state index in [9.17, 15) is 14.0 Å². The molecular weight excluding hydrogens is 295 g/mol. The number of halogens is 1. The SMILES string of the molecule is CCCC(=O)N(Cc1ccccc1F)[C@@H](C)C(=O)N[C@H](C)CC. The van der Waals surface area contributed by atoms with Gasteiger partial charge in [0.25, 0.3) is 0 Å². The Hall–Kier alpha value is -1.91. The second kappa shape index (κ2) is 9.28. The van der Waals surface area contributed by atoms with E-state index in [1.165, 1.54) is 11.0 Å². The quantitative estimate of drug-likeness (QED) is 0.798. The molecule has 5 heteroatoms.